The summed E-state index contributed by atoms with van der Waals surface area (Å²) in [5, 5.41) is 1.52. The van der Waals surface area contributed by atoms with Crippen molar-refractivity contribution in [2.24, 2.45) is 0 Å². The Kier molecular flexibility index (Phi) is 2.97. The van der Waals surface area contributed by atoms with E-state index in [2.05, 4.69) is 4.98 Å². The van der Waals surface area contributed by atoms with Crippen molar-refractivity contribution in [2.75, 3.05) is 5.73 Å². The van der Waals surface area contributed by atoms with E-state index < -0.39 is 0 Å². The molecule has 2 N–H and O–H groups in total. The van der Waals surface area contributed by atoms with E-state index in [0.717, 1.165) is 10.9 Å². The predicted molar refractivity (Wildman–Crippen MR) is 77.7 cm³/mol. The minimum Gasteiger partial charge on any atom is -0.454 e. The highest BCUT2D eigenvalue weighted by Crippen LogP contribution is 2.33. The fourth-order valence-corrected chi connectivity index (χ4v) is 2.04. The third-order valence-corrected chi connectivity index (χ3v) is 3.04. The van der Waals surface area contributed by atoms with Crippen LogP contribution in [-0.2, 0) is 0 Å². The summed E-state index contributed by atoms with van der Waals surface area (Å²) in [6.45, 7) is 0. The third-order valence-electron chi connectivity index (χ3n) is 2.80. The Balaban J connectivity index is 2.08. The minimum atomic E-state index is 0.545. The van der Waals surface area contributed by atoms with Gasteiger partial charge in [-0.05, 0) is 30.3 Å². The fourth-order valence-electron chi connectivity index (χ4n) is 1.87. The summed E-state index contributed by atoms with van der Waals surface area (Å²) in [5.41, 5.74) is 7.30. The van der Waals surface area contributed by atoms with Gasteiger partial charge in [-0.25, -0.2) is 0 Å². The van der Waals surface area contributed by atoms with Gasteiger partial charge in [0.25, 0.3) is 0 Å². The lowest BCUT2D eigenvalue weighted by molar-refractivity contribution is 0.490. The molecule has 0 fully saturated rings. The highest BCUT2D eigenvalue weighted by Gasteiger charge is 2.07. The largest absolute Gasteiger partial charge is 0.454 e. The highest BCUT2D eigenvalue weighted by molar-refractivity contribution is 6.30. The molecule has 0 amide bonds. The second-order valence-corrected chi connectivity index (χ2v) is 4.55. The number of benzene rings is 2. The van der Waals surface area contributed by atoms with E-state index in [-0.39, 0.29) is 0 Å². The number of pyridine rings is 1. The SMILES string of the molecule is Nc1ccc(Cl)cc1Oc1ccnc2ccccc12. The van der Waals surface area contributed by atoms with Crippen LogP contribution < -0.4 is 10.5 Å². The Hall–Kier alpha value is -2.26. The summed E-state index contributed by atoms with van der Waals surface area (Å²) in [6.07, 6.45) is 1.71. The molecule has 0 spiro atoms. The van der Waals surface area contributed by atoms with Gasteiger partial charge in [-0.3, -0.25) is 4.98 Å². The van der Waals surface area contributed by atoms with Crippen LogP contribution in [0.4, 0.5) is 5.69 Å². The second kappa shape index (κ2) is 4.78. The van der Waals surface area contributed by atoms with Crippen molar-refractivity contribution >= 4 is 28.2 Å². The first-order valence-corrected chi connectivity index (χ1v) is 6.18. The number of aromatic nitrogens is 1. The maximum Gasteiger partial charge on any atom is 0.151 e. The van der Waals surface area contributed by atoms with Gasteiger partial charge in [0.15, 0.2) is 5.75 Å². The number of hydrogen-bond donors (Lipinski definition) is 1. The Morgan fingerprint density at radius 1 is 1.00 bits per heavy atom. The van der Waals surface area contributed by atoms with Crippen LogP contribution in [0.15, 0.2) is 54.7 Å². The molecule has 4 heteroatoms. The molecule has 0 atom stereocenters. The van der Waals surface area contributed by atoms with Gasteiger partial charge < -0.3 is 10.5 Å². The van der Waals surface area contributed by atoms with Gasteiger partial charge in [0.2, 0.25) is 0 Å². The average Bonchev–Trinajstić information content (AvgIpc) is 2.43. The van der Waals surface area contributed by atoms with Crippen molar-refractivity contribution in [3.63, 3.8) is 0 Å². The summed E-state index contributed by atoms with van der Waals surface area (Å²) in [4.78, 5) is 4.29. The van der Waals surface area contributed by atoms with Gasteiger partial charge in [0, 0.05) is 22.7 Å². The second-order valence-electron chi connectivity index (χ2n) is 4.11. The predicted octanol–water partition coefficient (Wildman–Crippen LogP) is 4.26. The molecule has 3 aromatic rings. The molecule has 0 aliphatic rings. The van der Waals surface area contributed by atoms with Crippen LogP contribution in [0, 0.1) is 0 Å². The van der Waals surface area contributed by atoms with Gasteiger partial charge in [-0.1, -0.05) is 23.7 Å². The van der Waals surface area contributed by atoms with Gasteiger partial charge in [0.1, 0.15) is 5.75 Å². The zero-order valence-corrected chi connectivity index (χ0v) is 10.8. The van der Waals surface area contributed by atoms with Crippen LogP contribution in [0.1, 0.15) is 0 Å². The summed E-state index contributed by atoms with van der Waals surface area (Å²) in [7, 11) is 0. The fraction of sp³-hybridized carbons (Fsp3) is 0. The Morgan fingerprint density at radius 2 is 1.84 bits per heavy atom. The number of fused-ring (bicyclic) bond motifs is 1. The molecule has 0 aliphatic carbocycles. The van der Waals surface area contributed by atoms with E-state index in [1.54, 1.807) is 24.4 Å². The van der Waals surface area contributed by atoms with Crippen LogP contribution in [0.3, 0.4) is 0 Å². The van der Waals surface area contributed by atoms with Gasteiger partial charge >= 0.3 is 0 Å². The van der Waals surface area contributed by atoms with Crippen molar-refractivity contribution in [3.05, 3.63) is 59.8 Å². The number of para-hydroxylation sites is 1. The summed E-state index contributed by atoms with van der Waals surface area (Å²) >= 11 is 5.95. The molecule has 3 rings (SSSR count). The number of halogens is 1. The molecule has 1 aromatic heterocycles. The van der Waals surface area contributed by atoms with Crippen molar-refractivity contribution in [2.45, 2.75) is 0 Å². The van der Waals surface area contributed by atoms with E-state index in [0.29, 0.717) is 22.2 Å². The normalized spacial score (nSPS) is 10.6. The minimum absolute atomic E-state index is 0.545. The van der Waals surface area contributed by atoms with E-state index in [9.17, 15) is 0 Å². The molecule has 0 saturated carbocycles. The number of nitrogen functional groups attached to an aromatic ring is 1. The third kappa shape index (κ3) is 2.33. The molecule has 1 heterocycles. The molecule has 0 aliphatic heterocycles. The molecule has 0 radical (unpaired) electrons. The van der Waals surface area contributed by atoms with E-state index in [4.69, 9.17) is 22.1 Å². The Bertz CT molecular complexity index is 738. The topological polar surface area (TPSA) is 48.1 Å². The molecular weight excluding hydrogens is 260 g/mol. The van der Waals surface area contributed by atoms with Crippen LogP contribution in [-0.4, -0.2) is 4.98 Å². The molecule has 0 saturated heterocycles. The van der Waals surface area contributed by atoms with Gasteiger partial charge in [0.05, 0.1) is 11.2 Å². The summed E-state index contributed by atoms with van der Waals surface area (Å²) in [6, 6.07) is 14.7. The molecule has 94 valence electrons. The monoisotopic (exact) mass is 270 g/mol. The molecule has 2 aromatic carbocycles. The first-order chi connectivity index (χ1) is 9.24. The zero-order chi connectivity index (χ0) is 13.2. The molecule has 19 heavy (non-hydrogen) atoms. The number of rotatable bonds is 2. The standard InChI is InChI=1S/C15H11ClN2O/c16-10-5-6-12(17)15(9-10)19-14-7-8-18-13-4-2-1-3-11(13)14/h1-9H,17H2. The van der Waals surface area contributed by atoms with E-state index in [1.165, 1.54) is 0 Å². The number of anilines is 1. The smallest absolute Gasteiger partial charge is 0.151 e. The quantitative estimate of drug-likeness (QED) is 0.708. The maximum atomic E-state index is 5.95. The Labute approximate surface area is 115 Å². The van der Waals surface area contributed by atoms with E-state index in [1.807, 2.05) is 30.3 Å². The van der Waals surface area contributed by atoms with Crippen LogP contribution >= 0.6 is 11.6 Å². The lowest BCUT2D eigenvalue weighted by Gasteiger charge is -2.10. The average molecular weight is 271 g/mol. The van der Waals surface area contributed by atoms with Crippen LogP contribution in [0.25, 0.3) is 10.9 Å². The molecule has 0 unspecified atom stereocenters. The number of ether oxygens (including phenoxy) is 1. The number of hydrogen-bond acceptors (Lipinski definition) is 3. The summed E-state index contributed by atoms with van der Waals surface area (Å²) in [5.74, 6) is 1.25. The Morgan fingerprint density at radius 3 is 2.74 bits per heavy atom. The highest BCUT2D eigenvalue weighted by atomic mass is 35.5. The van der Waals surface area contributed by atoms with Gasteiger partial charge in [-0.15, -0.1) is 0 Å². The van der Waals surface area contributed by atoms with Gasteiger partial charge in [-0.2, -0.15) is 0 Å². The van der Waals surface area contributed by atoms with Crippen molar-refractivity contribution in [1.82, 2.24) is 4.98 Å². The molecular formula is C15H11ClN2O. The number of nitrogens with zero attached hydrogens (tertiary/aromatic N) is 1. The van der Waals surface area contributed by atoms with Crippen molar-refractivity contribution < 1.29 is 4.74 Å². The first-order valence-electron chi connectivity index (χ1n) is 5.81. The maximum absolute atomic E-state index is 5.95. The van der Waals surface area contributed by atoms with Crippen LogP contribution in [0.5, 0.6) is 11.5 Å². The van der Waals surface area contributed by atoms with Crippen LogP contribution in [0.2, 0.25) is 5.02 Å². The van der Waals surface area contributed by atoms with E-state index >= 15 is 0 Å². The number of nitrogens with two attached hydrogens (primary N) is 1. The first kappa shape index (κ1) is 11.8. The molecule has 3 nitrogen and oxygen atoms in total. The van der Waals surface area contributed by atoms with Crippen molar-refractivity contribution in [3.8, 4) is 11.5 Å². The zero-order valence-electron chi connectivity index (χ0n) is 10.0. The summed E-state index contributed by atoms with van der Waals surface area (Å²) < 4.78 is 5.85. The molecule has 0 bridgehead atoms. The lowest BCUT2D eigenvalue weighted by Crippen LogP contribution is -1.93. The lowest BCUT2D eigenvalue weighted by atomic mass is 10.2. The van der Waals surface area contributed by atoms with Crippen molar-refractivity contribution in [1.29, 1.82) is 0 Å².